The Bertz CT molecular complexity index is 189. The topological polar surface area (TPSA) is 26.3 Å². The third-order valence-corrected chi connectivity index (χ3v) is 3.13. The highest BCUT2D eigenvalue weighted by molar-refractivity contribution is 5.73. The minimum atomic E-state index is 0.0211. The first-order valence-corrected chi connectivity index (χ1v) is 5.28. The van der Waals surface area contributed by atoms with E-state index in [1.54, 1.807) is 0 Å². The summed E-state index contributed by atoms with van der Waals surface area (Å²) in [6, 6.07) is 0. The molecule has 0 aromatic carbocycles. The Labute approximate surface area is 80.7 Å². The van der Waals surface area contributed by atoms with Crippen LogP contribution in [-0.4, -0.2) is 12.6 Å². The van der Waals surface area contributed by atoms with Gasteiger partial charge in [-0.15, -0.1) is 0 Å². The molecular weight excluding hydrogens is 164 g/mol. The number of hydrogen-bond acceptors (Lipinski definition) is 2. The number of esters is 1. The number of hydrogen-bond donors (Lipinski definition) is 0. The van der Waals surface area contributed by atoms with Crippen LogP contribution in [0.5, 0.6) is 0 Å². The molecule has 1 aliphatic heterocycles. The van der Waals surface area contributed by atoms with Crippen LogP contribution in [0, 0.1) is 11.3 Å². The quantitative estimate of drug-likeness (QED) is 0.630. The first-order chi connectivity index (χ1) is 6.11. The fraction of sp³-hybridized carbons (Fsp3) is 0.909. The number of carbonyl (C=O) groups excluding carboxylic acids is 1. The molecule has 0 aromatic rings. The van der Waals surface area contributed by atoms with Crippen LogP contribution in [0.4, 0.5) is 0 Å². The largest absolute Gasteiger partial charge is 0.465 e. The van der Waals surface area contributed by atoms with E-state index in [1.807, 2.05) is 0 Å². The van der Waals surface area contributed by atoms with Crippen LogP contribution >= 0.6 is 0 Å². The van der Waals surface area contributed by atoms with Crippen molar-refractivity contribution >= 4 is 5.97 Å². The molecule has 2 heteroatoms. The minimum Gasteiger partial charge on any atom is -0.465 e. The fourth-order valence-corrected chi connectivity index (χ4v) is 1.92. The maximum atomic E-state index is 11.4. The van der Waals surface area contributed by atoms with Crippen molar-refractivity contribution in [2.45, 2.75) is 46.5 Å². The van der Waals surface area contributed by atoms with Gasteiger partial charge in [-0.25, -0.2) is 0 Å². The number of ether oxygens (including phenoxy) is 1. The second-order valence-corrected chi connectivity index (χ2v) is 4.46. The second kappa shape index (κ2) is 4.12. The van der Waals surface area contributed by atoms with Gasteiger partial charge in [-0.05, 0) is 19.3 Å². The maximum absolute atomic E-state index is 11.4. The monoisotopic (exact) mass is 184 g/mol. The van der Waals surface area contributed by atoms with Crippen LogP contribution in [0.25, 0.3) is 0 Å². The van der Waals surface area contributed by atoms with Crippen LogP contribution in [0.1, 0.15) is 46.5 Å². The predicted octanol–water partition coefficient (Wildman–Crippen LogP) is 2.77. The van der Waals surface area contributed by atoms with Crippen molar-refractivity contribution < 1.29 is 9.53 Å². The molecule has 13 heavy (non-hydrogen) atoms. The van der Waals surface area contributed by atoms with Gasteiger partial charge in [-0.2, -0.15) is 0 Å². The molecule has 0 bridgehead atoms. The first kappa shape index (κ1) is 10.6. The van der Waals surface area contributed by atoms with Gasteiger partial charge in [0.2, 0.25) is 0 Å². The van der Waals surface area contributed by atoms with E-state index in [-0.39, 0.29) is 17.3 Å². The highest BCUT2D eigenvalue weighted by Crippen LogP contribution is 2.36. The van der Waals surface area contributed by atoms with Crippen molar-refractivity contribution in [2.24, 2.45) is 11.3 Å². The molecule has 0 amide bonds. The lowest BCUT2D eigenvalue weighted by Crippen LogP contribution is -2.37. The third kappa shape index (κ3) is 2.45. The molecule has 1 aliphatic rings. The van der Waals surface area contributed by atoms with Gasteiger partial charge in [-0.1, -0.05) is 27.2 Å². The molecular formula is C11H20O2. The summed E-state index contributed by atoms with van der Waals surface area (Å²) >= 11 is 0. The third-order valence-electron chi connectivity index (χ3n) is 3.13. The molecule has 0 radical (unpaired) electrons. The summed E-state index contributed by atoms with van der Waals surface area (Å²) in [7, 11) is 0. The van der Waals surface area contributed by atoms with E-state index >= 15 is 0 Å². The van der Waals surface area contributed by atoms with Gasteiger partial charge < -0.3 is 4.74 Å². The van der Waals surface area contributed by atoms with Crippen LogP contribution < -0.4 is 0 Å². The van der Waals surface area contributed by atoms with Crippen molar-refractivity contribution in [1.29, 1.82) is 0 Å². The standard InChI is InChI=1S/C11H20O2/c1-4-6-9-7-11(3,5-2)8-13-10(9)12/h9H,4-8H2,1-3H3. The predicted molar refractivity (Wildman–Crippen MR) is 52.4 cm³/mol. The molecule has 1 heterocycles. The maximum Gasteiger partial charge on any atom is 0.308 e. The Morgan fingerprint density at radius 1 is 1.54 bits per heavy atom. The molecule has 0 aromatic heterocycles. The Morgan fingerprint density at radius 2 is 2.23 bits per heavy atom. The Hall–Kier alpha value is -0.530. The second-order valence-electron chi connectivity index (χ2n) is 4.46. The average Bonchev–Trinajstić information content (AvgIpc) is 2.12. The summed E-state index contributed by atoms with van der Waals surface area (Å²) in [5.74, 6) is 0.177. The van der Waals surface area contributed by atoms with E-state index in [0.29, 0.717) is 6.61 Å². The summed E-state index contributed by atoms with van der Waals surface area (Å²) in [5.41, 5.74) is 0.230. The fourth-order valence-electron chi connectivity index (χ4n) is 1.92. The van der Waals surface area contributed by atoms with Gasteiger partial charge in [0, 0.05) is 5.41 Å². The molecule has 2 atom stereocenters. The zero-order valence-electron chi connectivity index (χ0n) is 8.93. The van der Waals surface area contributed by atoms with Gasteiger partial charge in [0.05, 0.1) is 12.5 Å². The number of cyclic esters (lactones) is 1. The zero-order chi connectivity index (χ0) is 9.90. The molecule has 2 unspecified atom stereocenters. The molecule has 1 saturated heterocycles. The van der Waals surface area contributed by atoms with Gasteiger partial charge in [0.15, 0.2) is 0 Å². The van der Waals surface area contributed by atoms with Crippen LogP contribution in [0.2, 0.25) is 0 Å². The zero-order valence-corrected chi connectivity index (χ0v) is 8.93. The summed E-state index contributed by atoms with van der Waals surface area (Å²) < 4.78 is 5.21. The molecule has 1 fully saturated rings. The first-order valence-electron chi connectivity index (χ1n) is 5.28. The Kier molecular flexibility index (Phi) is 3.34. The summed E-state index contributed by atoms with van der Waals surface area (Å²) in [4.78, 5) is 11.4. The van der Waals surface area contributed by atoms with E-state index in [0.717, 1.165) is 25.7 Å². The normalized spacial score (nSPS) is 34.4. The van der Waals surface area contributed by atoms with E-state index in [4.69, 9.17) is 4.74 Å². The highest BCUT2D eigenvalue weighted by Gasteiger charge is 2.36. The molecule has 0 aliphatic carbocycles. The van der Waals surface area contributed by atoms with Crippen LogP contribution in [0.3, 0.4) is 0 Å². The Balaban J connectivity index is 2.57. The van der Waals surface area contributed by atoms with Crippen molar-refractivity contribution in [1.82, 2.24) is 0 Å². The van der Waals surface area contributed by atoms with E-state index < -0.39 is 0 Å². The van der Waals surface area contributed by atoms with Gasteiger partial charge >= 0.3 is 5.97 Å². The molecule has 1 rings (SSSR count). The summed E-state index contributed by atoms with van der Waals surface area (Å²) in [6.07, 6.45) is 4.16. The van der Waals surface area contributed by atoms with Crippen molar-refractivity contribution in [3.63, 3.8) is 0 Å². The van der Waals surface area contributed by atoms with Crippen molar-refractivity contribution in [2.75, 3.05) is 6.61 Å². The van der Waals surface area contributed by atoms with Gasteiger partial charge in [0.25, 0.3) is 0 Å². The minimum absolute atomic E-state index is 0.0211. The Morgan fingerprint density at radius 3 is 2.77 bits per heavy atom. The van der Waals surface area contributed by atoms with Crippen LogP contribution in [-0.2, 0) is 9.53 Å². The molecule has 0 spiro atoms. The van der Waals surface area contributed by atoms with E-state index in [1.165, 1.54) is 0 Å². The lowest BCUT2D eigenvalue weighted by atomic mass is 9.76. The molecule has 76 valence electrons. The summed E-state index contributed by atoms with van der Waals surface area (Å²) in [5, 5.41) is 0. The van der Waals surface area contributed by atoms with Crippen LogP contribution in [0.15, 0.2) is 0 Å². The highest BCUT2D eigenvalue weighted by atomic mass is 16.5. The summed E-state index contributed by atoms with van der Waals surface area (Å²) in [6.45, 7) is 7.11. The van der Waals surface area contributed by atoms with Crippen molar-refractivity contribution in [3.05, 3.63) is 0 Å². The lowest BCUT2D eigenvalue weighted by molar-refractivity contribution is -0.161. The SMILES string of the molecule is CCCC1CC(C)(CC)COC1=O. The van der Waals surface area contributed by atoms with Gasteiger partial charge in [0.1, 0.15) is 0 Å². The lowest BCUT2D eigenvalue weighted by Gasteiger charge is -2.36. The van der Waals surface area contributed by atoms with E-state index in [9.17, 15) is 4.79 Å². The average molecular weight is 184 g/mol. The smallest absolute Gasteiger partial charge is 0.308 e. The number of carbonyl (C=O) groups is 1. The van der Waals surface area contributed by atoms with Gasteiger partial charge in [-0.3, -0.25) is 4.79 Å². The van der Waals surface area contributed by atoms with E-state index in [2.05, 4.69) is 20.8 Å². The molecule has 2 nitrogen and oxygen atoms in total. The number of rotatable bonds is 3. The molecule has 0 saturated carbocycles. The van der Waals surface area contributed by atoms with Crippen molar-refractivity contribution in [3.8, 4) is 0 Å². The molecule has 0 N–H and O–H groups in total.